The molecule has 0 radical (unpaired) electrons. The number of imidazole rings is 1. The minimum atomic E-state index is -0.229. The molecular formula is C19H24N4O3. The number of likely N-dealkylation sites (tertiary alicyclic amines) is 1. The van der Waals surface area contributed by atoms with Crippen LogP contribution in [0.3, 0.4) is 0 Å². The highest BCUT2D eigenvalue weighted by Crippen LogP contribution is 2.37. The molecule has 1 unspecified atom stereocenters. The lowest BCUT2D eigenvalue weighted by atomic mass is 9.81. The normalized spacial score (nSPS) is 22.5. The van der Waals surface area contributed by atoms with Crippen LogP contribution in [0.2, 0.25) is 0 Å². The van der Waals surface area contributed by atoms with Crippen LogP contribution in [-0.4, -0.2) is 63.9 Å². The van der Waals surface area contributed by atoms with Crippen LogP contribution in [0.1, 0.15) is 36.0 Å². The summed E-state index contributed by atoms with van der Waals surface area (Å²) in [5.74, 6) is 0.768. The van der Waals surface area contributed by atoms with Gasteiger partial charge in [0.15, 0.2) is 0 Å². The van der Waals surface area contributed by atoms with Gasteiger partial charge in [-0.1, -0.05) is 0 Å². The van der Waals surface area contributed by atoms with Gasteiger partial charge in [0.05, 0.1) is 17.3 Å². The Balaban J connectivity index is 1.42. The number of carbonyl (C=O) groups excluding carboxylic acids is 1. The molecule has 1 atom stereocenters. The zero-order valence-electron chi connectivity index (χ0n) is 15.0. The summed E-state index contributed by atoms with van der Waals surface area (Å²) in [7, 11) is 1.76. The van der Waals surface area contributed by atoms with E-state index in [1.165, 1.54) is 0 Å². The van der Waals surface area contributed by atoms with Crippen molar-refractivity contribution in [2.75, 3.05) is 26.8 Å². The zero-order chi connectivity index (χ0) is 18.0. The van der Waals surface area contributed by atoms with Crippen molar-refractivity contribution < 1.29 is 14.3 Å². The van der Waals surface area contributed by atoms with Gasteiger partial charge in [0.25, 0.3) is 5.91 Å². The van der Waals surface area contributed by atoms with Gasteiger partial charge >= 0.3 is 0 Å². The van der Waals surface area contributed by atoms with Crippen LogP contribution in [-0.2, 0) is 9.47 Å². The smallest absolute Gasteiger partial charge is 0.255 e. The lowest BCUT2D eigenvalue weighted by Crippen LogP contribution is -2.56. The Kier molecular flexibility index (Phi) is 4.74. The number of piperidine rings is 1. The molecule has 2 saturated heterocycles. The number of hydrogen-bond acceptors (Lipinski definition) is 5. The van der Waals surface area contributed by atoms with E-state index in [0.29, 0.717) is 18.7 Å². The van der Waals surface area contributed by atoms with Gasteiger partial charge in [-0.3, -0.25) is 9.36 Å². The summed E-state index contributed by atoms with van der Waals surface area (Å²) in [4.78, 5) is 23.1. The largest absolute Gasteiger partial charge is 0.378 e. The number of rotatable bonds is 3. The second-order valence-corrected chi connectivity index (χ2v) is 6.95. The SMILES string of the molecule is COC1CCCOC12CCN(C(=O)c1ccc(-n3ccnc3)nc1)CC2. The molecule has 7 nitrogen and oxygen atoms in total. The molecule has 2 aliphatic rings. The van der Waals surface area contributed by atoms with E-state index in [1.807, 2.05) is 27.8 Å². The van der Waals surface area contributed by atoms with Gasteiger partial charge in [-0.05, 0) is 37.8 Å². The van der Waals surface area contributed by atoms with Crippen molar-refractivity contribution in [3.05, 3.63) is 42.6 Å². The Morgan fingerprint density at radius 3 is 2.85 bits per heavy atom. The second kappa shape index (κ2) is 7.17. The number of pyridine rings is 1. The van der Waals surface area contributed by atoms with Crippen molar-refractivity contribution in [3.63, 3.8) is 0 Å². The molecule has 7 heteroatoms. The van der Waals surface area contributed by atoms with Crippen LogP contribution in [0.15, 0.2) is 37.1 Å². The maximum atomic E-state index is 12.8. The van der Waals surface area contributed by atoms with E-state index in [4.69, 9.17) is 9.47 Å². The van der Waals surface area contributed by atoms with Crippen LogP contribution >= 0.6 is 0 Å². The van der Waals surface area contributed by atoms with Crippen molar-refractivity contribution in [1.82, 2.24) is 19.4 Å². The third-order valence-corrected chi connectivity index (χ3v) is 5.53. The van der Waals surface area contributed by atoms with E-state index in [9.17, 15) is 4.79 Å². The van der Waals surface area contributed by atoms with Crippen molar-refractivity contribution in [3.8, 4) is 5.82 Å². The molecule has 26 heavy (non-hydrogen) atoms. The van der Waals surface area contributed by atoms with Gasteiger partial charge in [-0.25, -0.2) is 9.97 Å². The molecule has 4 rings (SSSR count). The minimum absolute atomic E-state index is 0.0225. The van der Waals surface area contributed by atoms with Gasteiger partial charge in [0.1, 0.15) is 12.1 Å². The third kappa shape index (κ3) is 3.12. The van der Waals surface area contributed by atoms with Gasteiger partial charge in [0.2, 0.25) is 0 Å². The van der Waals surface area contributed by atoms with E-state index < -0.39 is 0 Å². The summed E-state index contributed by atoms with van der Waals surface area (Å²) >= 11 is 0. The van der Waals surface area contributed by atoms with Crippen LogP contribution in [0.4, 0.5) is 0 Å². The van der Waals surface area contributed by atoms with Crippen molar-refractivity contribution in [1.29, 1.82) is 0 Å². The van der Waals surface area contributed by atoms with Crippen molar-refractivity contribution in [2.24, 2.45) is 0 Å². The molecule has 1 spiro atoms. The zero-order valence-corrected chi connectivity index (χ0v) is 15.0. The van der Waals surface area contributed by atoms with Crippen molar-refractivity contribution in [2.45, 2.75) is 37.4 Å². The number of methoxy groups -OCH3 is 1. The van der Waals surface area contributed by atoms with Crippen LogP contribution in [0, 0.1) is 0 Å². The van der Waals surface area contributed by atoms with Gasteiger partial charge in [-0.2, -0.15) is 0 Å². The number of amides is 1. The molecule has 0 bridgehead atoms. The lowest BCUT2D eigenvalue weighted by molar-refractivity contribution is -0.183. The van der Waals surface area contributed by atoms with Gasteiger partial charge in [-0.15, -0.1) is 0 Å². The Bertz CT molecular complexity index is 737. The van der Waals surface area contributed by atoms with E-state index in [0.717, 1.165) is 38.1 Å². The molecule has 4 heterocycles. The van der Waals surface area contributed by atoms with Crippen LogP contribution < -0.4 is 0 Å². The van der Waals surface area contributed by atoms with E-state index in [2.05, 4.69) is 9.97 Å². The maximum absolute atomic E-state index is 12.8. The average molecular weight is 356 g/mol. The monoisotopic (exact) mass is 356 g/mol. The van der Waals surface area contributed by atoms with Crippen LogP contribution in [0.25, 0.3) is 5.82 Å². The van der Waals surface area contributed by atoms with E-state index >= 15 is 0 Å². The Morgan fingerprint density at radius 1 is 1.35 bits per heavy atom. The summed E-state index contributed by atoms with van der Waals surface area (Å²) in [5.41, 5.74) is 0.380. The first kappa shape index (κ1) is 17.2. The molecule has 2 aromatic heterocycles. The number of nitrogens with zero attached hydrogens (tertiary/aromatic N) is 4. The third-order valence-electron chi connectivity index (χ3n) is 5.53. The molecule has 1 amide bonds. The highest BCUT2D eigenvalue weighted by atomic mass is 16.5. The van der Waals surface area contributed by atoms with E-state index in [1.54, 1.807) is 25.8 Å². The fourth-order valence-corrected chi connectivity index (χ4v) is 4.03. The molecule has 2 fully saturated rings. The second-order valence-electron chi connectivity index (χ2n) is 6.95. The van der Waals surface area contributed by atoms with Crippen LogP contribution in [0.5, 0.6) is 0 Å². The first-order valence-electron chi connectivity index (χ1n) is 9.12. The predicted octanol–water partition coefficient (Wildman–Crippen LogP) is 2.07. The van der Waals surface area contributed by atoms with Gasteiger partial charge in [0, 0.05) is 45.4 Å². The first-order valence-corrected chi connectivity index (χ1v) is 9.12. The summed E-state index contributed by atoms with van der Waals surface area (Å²) in [6, 6.07) is 3.66. The number of ether oxygens (including phenoxy) is 2. The molecule has 0 saturated carbocycles. The molecule has 0 aromatic carbocycles. The van der Waals surface area contributed by atoms with E-state index in [-0.39, 0.29) is 17.6 Å². The molecule has 138 valence electrons. The average Bonchev–Trinajstić information content (AvgIpc) is 3.23. The Labute approximate surface area is 152 Å². The molecule has 2 aliphatic heterocycles. The summed E-state index contributed by atoms with van der Waals surface area (Å²) < 4.78 is 13.6. The highest BCUT2D eigenvalue weighted by Gasteiger charge is 2.45. The number of aromatic nitrogens is 3. The minimum Gasteiger partial charge on any atom is -0.378 e. The lowest BCUT2D eigenvalue weighted by Gasteiger charge is -2.48. The topological polar surface area (TPSA) is 69.5 Å². The maximum Gasteiger partial charge on any atom is 0.255 e. The highest BCUT2D eigenvalue weighted by molar-refractivity contribution is 5.94. The number of hydrogen-bond donors (Lipinski definition) is 0. The number of carbonyl (C=O) groups is 1. The standard InChI is InChI=1S/C19H24N4O3/c1-25-16-3-2-12-26-19(16)6-9-22(10-7-19)18(24)15-4-5-17(21-13-15)23-11-8-20-14-23/h4-5,8,11,13-14,16H,2-3,6-7,9-10,12H2,1H3. The summed E-state index contributed by atoms with van der Waals surface area (Å²) in [6.45, 7) is 2.15. The molecule has 2 aromatic rings. The van der Waals surface area contributed by atoms with Gasteiger partial charge < -0.3 is 14.4 Å². The summed E-state index contributed by atoms with van der Waals surface area (Å²) in [5, 5.41) is 0. The fraction of sp³-hybridized carbons (Fsp3) is 0.526. The summed E-state index contributed by atoms with van der Waals surface area (Å²) in [6.07, 6.45) is 10.7. The van der Waals surface area contributed by atoms with Crippen molar-refractivity contribution >= 4 is 5.91 Å². The predicted molar refractivity (Wildman–Crippen MR) is 95.2 cm³/mol. The molecule has 0 N–H and O–H groups in total. The Hall–Kier alpha value is -2.25. The first-order chi connectivity index (χ1) is 12.7. The molecular weight excluding hydrogens is 332 g/mol. The fourth-order valence-electron chi connectivity index (χ4n) is 4.03. The molecule has 0 aliphatic carbocycles. The quantitative estimate of drug-likeness (QED) is 0.842. The Morgan fingerprint density at radius 2 is 2.19 bits per heavy atom.